The molecule has 0 radical (unpaired) electrons. The van der Waals surface area contributed by atoms with Crippen molar-refractivity contribution in [3.8, 4) is 0 Å². The number of sulfonamides is 1. The number of hydrogen-bond donors (Lipinski definition) is 1. The first kappa shape index (κ1) is 26.3. The molecule has 9 nitrogen and oxygen atoms in total. The van der Waals surface area contributed by atoms with Crippen molar-refractivity contribution < 1.29 is 22.5 Å². The minimum atomic E-state index is -3.74. The molecule has 3 rings (SSSR count). The van der Waals surface area contributed by atoms with Crippen LogP contribution in [0, 0.1) is 5.92 Å². The molecule has 0 bridgehead atoms. The van der Waals surface area contributed by atoms with Gasteiger partial charge in [-0.3, -0.25) is 9.78 Å². The number of carbonyl (C=O) groups excluding carboxylic acids is 1. The highest BCUT2D eigenvalue weighted by atomic mass is 32.2. The number of carbonyl (C=O) groups is 1. The Balaban J connectivity index is 1.62. The highest BCUT2D eigenvalue weighted by Gasteiger charge is 2.26. The molecule has 1 aliphatic carbocycles. The predicted octanol–water partition coefficient (Wildman–Crippen LogP) is 4.51. The molecular formula is C24H36N4O5S. The van der Waals surface area contributed by atoms with Gasteiger partial charge >= 0.3 is 5.97 Å². The number of nitrogens with zero attached hydrogens (tertiary/aromatic N) is 3. The third-order valence-electron chi connectivity index (χ3n) is 5.92. The van der Waals surface area contributed by atoms with Crippen molar-refractivity contribution in [1.29, 1.82) is 0 Å². The van der Waals surface area contributed by atoms with Crippen molar-refractivity contribution in [2.24, 2.45) is 5.92 Å². The number of ether oxygens (including phenoxy) is 1. The van der Waals surface area contributed by atoms with Crippen molar-refractivity contribution in [3.63, 3.8) is 0 Å². The molecule has 1 fully saturated rings. The normalized spacial score (nSPS) is 16.3. The van der Waals surface area contributed by atoms with Crippen LogP contribution in [-0.4, -0.2) is 35.1 Å². The number of pyridine rings is 1. The summed E-state index contributed by atoms with van der Waals surface area (Å²) in [5.74, 6) is 0.715. The van der Waals surface area contributed by atoms with Crippen molar-refractivity contribution in [2.75, 3.05) is 0 Å². The third kappa shape index (κ3) is 8.47. The van der Waals surface area contributed by atoms with Crippen molar-refractivity contribution in [3.05, 3.63) is 36.2 Å². The van der Waals surface area contributed by atoms with Crippen LogP contribution >= 0.6 is 0 Å². The monoisotopic (exact) mass is 492 g/mol. The molecule has 34 heavy (non-hydrogen) atoms. The summed E-state index contributed by atoms with van der Waals surface area (Å²) in [4.78, 5) is 20.8. The van der Waals surface area contributed by atoms with E-state index in [2.05, 4.69) is 19.8 Å². The molecule has 0 saturated heterocycles. The molecule has 2 heterocycles. The Morgan fingerprint density at radius 3 is 2.71 bits per heavy atom. The molecule has 0 aromatic carbocycles. The molecule has 1 N–H and O–H groups in total. The van der Waals surface area contributed by atoms with Crippen LogP contribution in [0.1, 0.15) is 96.2 Å². The van der Waals surface area contributed by atoms with Gasteiger partial charge in [0.15, 0.2) is 5.82 Å². The lowest BCUT2D eigenvalue weighted by Gasteiger charge is -2.23. The van der Waals surface area contributed by atoms with Crippen LogP contribution in [0.15, 0.2) is 33.9 Å². The minimum absolute atomic E-state index is 0.0595. The van der Waals surface area contributed by atoms with Gasteiger partial charge < -0.3 is 9.26 Å². The molecular weight excluding hydrogens is 456 g/mol. The average molecular weight is 493 g/mol. The van der Waals surface area contributed by atoms with Crippen LogP contribution in [0.4, 0.5) is 0 Å². The van der Waals surface area contributed by atoms with E-state index in [9.17, 15) is 13.2 Å². The summed E-state index contributed by atoms with van der Waals surface area (Å²) in [6.45, 7) is 5.38. The van der Waals surface area contributed by atoms with E-state index in [4.69, 9.17) is 9.26 Å². The second-order valence-electron chi connectivity index (χ2n) is 9.98. The lowest BCUT2D eigenvalue weighted by molar-refractivity contribution is -0.155. The Bertz CT molecular complexity index is 1010. The Labute approximate surface area is 202 Å². The Hall–Kier alpha value is -2.33. The van der Waals surface area contributed by atoms with E-state index in [1.165, 1.54) is 50.6 Å². The molecule has 0 amide bonds. The average Bonchev–Trinajstić information content (AvgIpc) is 3.26. The molecule has 1 unspecified atom stereocenters. The highest BCUT2D eigenvalue weighted by Crippen LogP contribution is 2.31. The SMILES string of the molecule is CC(C)(C)OC(=O)CC(CCCC1CCCCC1)c1nc(CNS(=O)(=O)c2cccnc2)no1. The summed E-state index contributed by atoms with van der Waals surface area (Å²) < 4.78 is 38.3. The van der Waals surface area contributed by atoms with Crippen molar-refractivity contribution in [2.45, 2.75) is 102 Å². The number of nitrogens with one attached hydrogen (secondary N) is 1. The van der Waals surface area contributed by atoms with Crippen molar-refractivity contribution >= 4 is 16.0 Å². The number of rotatable bonds is 11. The molecule has 2 aromatic heterocycles. The van der Waals surface area contributed by atoms with Gasteiger partial charge in [0.1, 0.15) is 10.5 Å². The third-order valence-corrected chi connectivity index (χ3v) is 7.31. The molecule has 0 aliphatic heterocycles. The summed E-state index contributed by atoms with van der Waals surface area (Å²) in [6.07, 6.45) is 12.2. The smallest absolute Gasteiger partial charge is 0.307 e. The fourth-order valence-corrected chi connectivity index (χ4v) is 5.22. The van der Waals surface area contributed by atoms with E-state index in [1.54, 1.807) is 6.07 Å². The van der Waals surface area contributed by atoms with Crippen LogP contribution in [0.2, 0.25) is 0 Å². The summed E-state index contributed by atoms with van der Waals surface area (Å²) in [6, 6.07) is 3.01. The van der Waals surface area contributed by atoms with Crippen LogP contribution in [-0.2, 0) is 26.1 Å². The maximum absolute atomic E-state index is 12.5. The van der Waals surface area contributed by atoms with Gasteiger partial charge in [-0.1, -0.05) is 50.1 Å². The van der Waals surface area contributed by atoms with E-state index >= 15 is 0 Å². The minimum Gasteiger partial charge on any atom is -0.460 e. The summed E-state index contributed by atoms with van der Waals surface area (Å²) >= 11 is 0. The molecule has 0 spiro atoms. The summed E-state index contributed by atoms with van der Waals surface area (Å²) in [7, 11) is -3.74. The standard InChI is InChI=1S/C24H36N4O5S/c1-24(2,3)32-22(29)15-19(12-7-11-18-9-5-4-6-10-18)23-27-21(28-33-23)17-26-34(30,31)20-13-8-14-25-16-20/h8,13-14,16,18-19,26H,4-7,9-12,15,17H2,1-3H3. The van der Waals surface area contributed by atoms with E-state index in [0.29, 0.717) is 5.89 Å². The summed E-state index contributed by atoms with van der Waals surface area (Å²) in [5.41, 5.74) is -0.575. The molecule has 1 aliphatic rings. The number of esters is 1. The first-order chi connectivity index (χ1) is 16.1. The van der Waals surface area contributed by atoms with Gasteiger partial charge in [-0.15, -0.1) is 0 Å². The molecule has 1 saturated carbocycles. The Morgan fingerprint density at radius 2 is 2.03 bits per heavy atom. The van der Waals surface area contributed by atoms with E-state index in [0.717, 1.165) is 25.2 Å². The fourth-order valence-electron chi connectivity index (χ4n) is 4.28. The second kappa shape index (κ2) is 11.9. The van der Waals surface area contributed by atoms with E-state index < -0.39 is 15.6 Å². The van der Waals surface area contributed by atoms with Crippen molar-refractivity contribution in [1.82, 2.24) is 19.8 Å². The van der Waals surface area contributed by atoms with Gasteiger partial charge in [-0.05, 0) is 45.2 Å². The zero-order chi connectivity index (χ0) is 24.6. The van der Waals surface area contributed by atoms with Crippen LogP contribution in [0.5, 0.6) is 0 Å². The maximum Gasteiger partial charge on any atom is 0.307 e. The highest BCUT2D eigenvalue weighted by molar-refractivity contribution is 7.89. The lowest BCUT2D eigenvalue weighted by Crippen LogP contribution is -2.25. The second-order valence-corrected chi connectivity index (χ2v) is 11.8. The summed E-state index contributed by atoms with van der Waals surface area (Å²) in [5, 5.41) is 3.93. The number of hydrogen-bond acceptors (Lipinski definition) is 8. The quantitative estimate of drug-likeness (QED) is 0.454. The fraction of sp³-hybridized carbons (Fsp3) is 0.667. The lowest BCUT2D eigenvalue weighted by atomic mass is 9.84. The zero-order valence-electron chi connectivity index (χ0n) is 20.3. The van der Waals surface area contributed by atoms with Crippen LogP contribution in [0.3, 0.4) is 0 Å². The molecule has 2 aromatic rings. The first-order valence-electron chi connectivity index (χ1n) is 12.1. The van der Waals surface area contributed by atoms with Gasteiger partial charge in [0.25, 0.3) is 0 Å². The van der Waals surface area contributed by atoms with E-state index in [1.807, 2.05) is 20.8 Å². The molecule has 10 heteroatoms. The van der Waals surface area contributed by atoms with Crippen LogP contribution < -0.4 is 4.72 Å². The predicted molar refractivity (Wildman–Crippen MR) is 126 cm³/mol. The van der Waals surface area contributed by atoms with Gasteiger partial charge in [0.2, 0.25) is 15.9 Å². The van der Waals surface area contributed by atoms with Gasteiger partial charge in [0.05, 0.1) is 13.0 Å². The largest absolute Gasteiger partial charge is 0.460 e. The van der Waals surface area contributed by atoms with Crippen LogP contribution in [0.25, 0.3) is 0 Å². The van der Waals surface area contributed by atoms with Gasteiger partial charge in [-0.25, -0.2) is 13.1 Å². The Kier molecular flexibility index (Phi) is 9.18. The zero-order valence-corrected chi connectivity index (χ0v) is 21.1. The molecule has 188 valence electrons. The van der Waals surface area contributed by atoms with Gasteiger partial charge in [-0.2, -0.15) is 4.98 Å². The molecule has 1 atom stereocenters. The van der Waals surface area contributed by atoms with Gasteiger partial charge in [0, 0.05) is 18.3 Å². The number of aromatic nitrogens is 3. The topological polar surface area (TPSA) is 124 Å². The van der Waals surface area contributed by atoms with E-state index in [-0.39, 0.29) is 35.6 Å². The first-order valence-corrected chi connectivity index (χ1v) is 13.5. The Morgan fingerprint density at radius 1 is 1.26 bits per heavy atom. The maximum atomic E-state index is 12.5.